The van der Waals surface area contributed by atoms with Crippen LogP contribution in [0.15, 0.2) is 18.2 Å². The van der Waals surface area contributed by atoms with Crippen LogP contribution in [-0.4, -0.2) is 36.4 Å². The maximum absolute atomic E-state index is 11.4. The molecule has 0 saturated carbocycles. The summed E-state index contributed by atoms with van der Waals surface area (Å²) in [6, 6.07) is 4.34. The van der Waals surface area contributed by atoms with Crippen LogP contribution in [0.1, 0.15) is 10.4 Å². The van der Waals surface area contributed by atoms with Gasteiger partial charge >= 0.3 is 5.97 Å². The summed E-state index contributed by atoms with van der Waals surface area (Å²) in [5, 5.41) is 9.45. The zero-order chi connectivity index (χ0) is 13.1. The van der Waals surface area contributed by atoms with E-state index in [1.165, 1.54) is 12.1 Å². The summed E-state index contributed by atoms with van der Waals surface area (Å²) in [5.74, 6) is -1.76. The molecule has 0 aliphatic heterocycles. The SMILES string of the molecule is O=C(OCCS(=O)(=O)O)c1ccc(I)cc1O. The summed E-state index contributed by atoms with van der Waals surface area (Å²) in [5.41, 5.74) is -0.0549. The third kappa shape index (κ3) is 4.88. The number of phenolic OH excluding ortho intramolecular Hbond substituents is 1. The lowest BCUT2D eigenvalue weighted by Crippen LogP contribution is -2.14. The van der Waals surface area contributed by atoms with Crippen molar-refractivity contribution in [2.45, 2.75) is 0 Å². The number of aromatic hydroxyl groups is 1. The predicted octanol–water partition coefficient (Wildman–Crippen LogP) is 1.04. The Balaban J connectivity index is 2.65. The number of esters is 1. The Hall–Kier alpha value is -0.870. The van der Waals surface area contributed by atoms with Gasteiger partial charge in [-0.05, 0) is 40.8 Å². The molecule has 0 unspecified atom stereocenters. The molecule has 2 N–H and O–H groups in total. The van der Waals surface area contributed by atoms with E-state index in [0.717, 1.165) is 3.57 Å². The molecule has 1 aromatic carbocycles. The minimum atomic E-state index is -4.16. The Morgan fingerprint density at radius 2 is 2.06 bits per heavy atom. The fraction of sp³-hybridized carbons (Fsp3) is 0.222. The van der Waals surface area contributed by atoms with Crippen molar-refractivity contribution in [1.29, 1.82) is 0 Å². The van der Waals surface area contributed by atoms with Crippen molar-refractivity contribution in [2.75, 3.05) is 12.4 Å². The predicted molar refractivity (Wildman–Crippen MR) is 67.5 cm³/mol. The molecule has 0 aliphatic rings. The highest BCUT2D eigenvalue weighted by Gasteiger charge is 2.14. The molecule has 6 nitrogen and oxygen atoms in total. The first-order chi connectivity index (χ1) is 7.79. The lowest BCUT2D eigenvalue weighted by molar-refractivity contribution is 0.0525. The normalized spacial score (nSPS) is 11.2. The summed E-state index contributed by atoms with van der Waals surface area (Å²) in [7, 11) is -4.16. The number of rotatable bonds is 4. The second-order valence-corrected chi connectivity index (χ2v) is 5.90. The van der Waals surface area contributed by atoms with Gasteiger partial charge in [-0.2, -0.15) is 8.42 Å². The minimum Gasteiger partial charge on any atom is -0.507 e. The van der Waals surface area contributed by atoms with Crippen LogP contribution < -0.4 is 0 Å². The van der Waals surface area contributed by atoms with Crippen LogP contribution in [0.5, 0.6) is 5.75 Å². The first-order valence-corrected chi connectivity index (χ1v) is 7.09. The van der Waals surface area contributed by atoms with Crippen LogP contribution in [-0.2, 0) is 14.9 Å². The zero-order valence-electron chi connectivity index (χ0n) is 8.46. The van der Waals surface area contributed by atoms with Gasteiger partial charge in [0.05, 0.1) is 0 Å². The summed E-state index contributed by atoms with van der Waals surface area (Å²) >= 11 is 1.96. The molecule has 0 saturated heterocycles. The van der Waals surface area contributed by atoms with Crippen LogP contribution >= 0.6 is 22.6 Å². The van der Waals surface area contributed by atoms with Gasteiger partial charge < -0.3 is 9.84 Å². The average Bonchev–Trinajstić information content (AvgIpc) is 2.15. The maximum atomic E-state index is 11.4. The molecule has 0 atom stereocenters. The van der Waals surface area contributed by atoms with Gasteiger partial charge in [0.2, 0.25) is 0 Å². The van der Waals surface area contributed by atoms with Crippen molar-refractivity contribution in [1.82, 2.24) is 0 Å². The fourth-order valence-electron chi connectivity index (χ4n) is 0.995. The van der Waals surface area contributed by atoms with Gasteiger partial charge in [0.1, 0.15) is 23.7 Å². The molecule has 0 aromatic heterocycles. The Morgan fingerprint density at radius 1 is 1.41 bits per heavy atom. The molecule has 0 bridgehead atoms. The van der Waals surface area contributed by atoms with Crippen molar-refractivity contribution >= 4 is 38.7 Å². The van der Waals surface area contributed by atoms with E-state index in [2.05, 4.69) is 4.74 Å². The molecule has 17 heavy (non-hydrogen) atoms. The Bertz CT molecular complexity index is 524. The van der Waals surface area contributed by atoms with Crippen molar-refractivity contribution in [3.05, 3.63) is 27.3 Å². The number of carbonyl (C=O) groups excluding carboxylic acids is 1. The monoisotopic (exact) mass is 372 g/mol. The topological polar surface area (TPSA) is 101 Å². The van der Waals surface area contributed by atoms with E-state index in [1.807, 2.05) is 22.6 Å². The van der Waals surface area contributed by atoms with E-state index in [4.69, 9.17) is 4.55 Å². The summed E-state index contributed by atoms with van der Waals surface area (Å²) < 4.78 is 34.5. The fourth-order valence-corrected chi connectivity index (χ4v) is 1.76. The van der Waals surface area contributed by atoms with E-state index < -0.39 is 28.4 Å². The Labute approximate surface area is 111 Å². The number of hydrogen-bond donors (Lipinski definition) is 2. The van der Waals surface area contributed by atoms with E-state index in [-0.39, 0.29) is 11.3 Å². The minimum absolute atomic E-state index is 0.0549. The molecule has 8 heteroatoms. The van der Waals surface area contributed by atoms with Gasteiger partial charge in [0, 0.05) is 3.57 Å². The lowest BCUT2D eigenvalue weighted by atomic mass is 10.2. The maximum Gasteiger partial charge on any atom is 0.341 e. The summed E-state index contributed by atoms with van der Waals surface area (Å²) in [4.78, 5) is 11.4. The first-order valence-electron chi connectivity index (χ1n) is 4.40. The molecule has 0 heterocycles. The highest BCUT2D eigenvalue weighted by molar-refractivity contribution is 14.1. The smallest absolute Gasteiger partial charge is 0.341 e. The highest BCUT2D eigenvalue weighted by atomic mass is 127. The summed E-state index contributed by atoms with van der Waals surface area (Å²) in [6.45, 7) is -0.469. The third-order valence-corrected chi connectivity index (χ3v) is 3.11. The standard InChI is InChI=1S/C9H9IO6S/c10-6-1-2-7(8(11)5-6)9(12)16-3-4-17(13,14)15/h1-2,5,11H,3-4H2,(H,13,14,15). The molecular formula is C9H9IO6S. The molecule has 0 amide bonds. The molecule has 0 fully saturated rings. The number of phenols is 1. The van der Waals surface area contributed by atoms with Crippen LogP contribution in [0, 0.1) is 3.57 Å². The van der Waals surface area contributed by atoms with Gasteiger partial charge in [-0.25, -0.2) is 4.79 Å². The summed E-state index contributed by atoms with van der Waals surface area (Å²) in [6.07, 6.45) is 0. The number of carbonyl (C=O) groups is 1. The van der Waals surface area contributed by atoms with E-state index in [9.17, 15) is 18.3 Å². The van der Waals surface area contributed by atoms with Crippen LogP contribution in [0.2, 0.25) is 0 Å². The number of hydrogen-bond acceptors (Lipinski definition) is 5. The molecular weight excluding hydrogens is 363 g/mol. The Kier molecular flexibility index (Phi) is 4.71. The second-order valence-electron chi connectivity index (χ2n) is 3.08. The Morgan fingerprint density at radius 3 is 2.59 bits per heavy atom. The largest absolute Gasteiger partial charge is 0.507 e. The van der Waals surface area contributed by atoms with E-state index >= 15 is 0 Å². The van der Waals surface area contributed by atoms with Crippen molar-refractivity contribution in [3.8, 4) is 5.75 Å². The molecule has 1 aromatic rings. The zero-order valence-corrected chi connectivity index (χ0v) is 11.4. The highest BCUT2D eigenvalue weighted by Crippen LogP contribution is 2.20. The quantitative estimate of drug-likeness (QED) is 0.465. The molecule has 0 aliphatic carbocycles. The molecule has 1 rings (SSSR count). The first kappa shape index (κ1) is 14.2. The second kappa shape index (κ2) is 5.65. The van der Waals surface area contributed by atoms with E-state index in [0.29, 0.717) is 0 Å². The van der Waals surface area contributed by atoms with Gasteiger partial charge in [-0.15, -0.1) is 0 Å². The van der Waals surface area contributed by atoms with Crippen LogP contribution in [0.25, 0.3) is 0 Å². The third-order valence-electron chi connectivity index (χ3n) is 1.75. The lowest BCUT2D eigenvalue weighted by Gasteiger charge is -2.05. The van der Waals surface area contributed by atoms with Crippen molar-refractivity contribution in [3.63, 3.8) is 0 Å². The van der Waals surface area contributed by atoms with Gasteiger partial charge in [0.15, 0.2) is 0 Å². The van der Waals surface area contributed by atoms with E-state index in [1.54, 1.807) is 6.07 Å². The van der Waals surface area contributed by atoms with Gasteiger partial charge in [0.25, 0.3) is 10.1 Å². The molecule has 0 radical (unpaired) electrons. The number of benzene rings is 1. The van der Waals surface area contributed by atoms with Gasteiger partial charge in [-0.1, -0.05) is 0 Å². The molecule has 94 valence electrons. The molecule has 0 spiro atoms. The number of ether oxygens (including phenoxy) is 1. The van der Waals surface area contributed by atoms with Gasteiger partial charge in [-0.3, -0.25) is 4.55 Å². The number of halogens is 1. The van der Waals surface area contributed by atoms with Crippen LogP contribution in [0.4, 0.5) is 0 Å². The van der Waals surface area contributed by atoms with Crippen LogP contribution in [0.3, 0.4) is 0 Å². The van der Waals surface area contributed by atoms with Crippen molar-refractivity contribution < 1.29 is 27.6 Å². The van der Waals surface area contributed by atoms with Crippen molar-refractivity contribution in [2.24, 2.45) is 0 Å². The average molecular weight is 372 g/mol.